The van der Waals surface area contributed by atoms with E-state index in [0.29, 0.717) is 13.2 Å². The molecule has 0 spiro atoms. The Hall–Kier alpha value is -0.780. The number of rotatable bonds is 6. The zero-order chi connectivity index (χ0) is 12.7. The molecule has 0 fully saturated rings. The van der Waals surface area contributed by atoms with E-state index in [0.717, 1.165) is 4.90 Å². The van der Waals surface area contributed by atoms with Crippen LogP contribution >= 0.6 is 23.4 Å². The smallest absolute Gasteiger partial charge is 0.230 e. The number of methoxy groups -OCH3 is 1. The van der Waals surface area contributed by atoms with E-state index < -0.39 is 5.82 Å². The van der Waals surface area contributed by atoms with Gasteiger partial charge in [-0.3, -0.25) is 4.79 Å². The lowest BCUT2D eigenvalue weighted by Crippen LogP contribution is -2.28. The predicted octanol–water partition coefficient (Wildman–Crippen LogP) is 2.33. The lowest BCUT2D eigenvalue weighted by molar-refractivity contribution is -0.118. The Bertz CT molecular complexity index is 390. The van der Waals surface area contributed by atoms with Crippen LogP contribution < -0.4 is 5.32 Å². The molecule has 1 rings (SSSR count). The number of amides is 1. The largest absolute Gasteiger partial charge is 0.383 e. The minimum Gasteiger partial charge on any atom is -0.383 e. The fourth-order valence-corrected chi connectivity index (χ4v) is 2.07. The topological polar surface area (TPSA) is 38.3 Å². The number of halogens is 2. The van der Waals surface area contributed by atoms with E-state index >= 15 is 0 Å². The molecular weight excluding hydrogens is 265 g/mol. The summed E-state index contributed by atoms with van der Waals surface area (Å²) in [6, 6.07) is 4.38. The Labute approximate surface area is 109 Å². The third kappa shape index (κ3) is 5.39. The van der Waals surface area contributed by atoms with Gasteiger partial charge < -0.3 is 10.1 Å². The minimum absolute atomic E-state index is 0.0646. The molecule has 1 amide bonds. The van der Waals surface area contributed by atoms with E-state index in [9.17, 15) is 9.18 Å². The molecule has 94 valence electrons. The predicted molar refractivity (Wildman–Crippen MR) is 67.0 cm³/mol. The van der Waals surface area contributed by atoms with E-state index in [1.54, 1.807) is 13.2 Å². The van der Waals surface area contributed by atoms with Crippen LogP contribution in [0.15, 0.2) is 23.1 Å². The van der Waals surface area contributed by atoms with E-state index in [1.165, 1.54) is 23.9 Å². The van der Waals surface area contributed by atoms with Crippen LogP contribution in [0, 0.1) is 5.82 Å². The second-order valence-corrected chi connectivity index (χ2v) is 4.66. The maximum absolute atomic E-state index is 12.9. The Balaban J connectivity index is 2.34. The molecule has 0 unspecified atom stereocenters. The van der Waals surface area contributed by atoms with Gasteiger partial charge in [0.1, 0.15) is 5.82 Å². The standard InChI is InChI=1S/C11H13ClFNO2S/c1-16-5-4-14-11(15)7-17-8-2-3-10(13)9(12)6-8/h2-3,6H,4-5,7H2,1H3,(H,14,15). The molecular formula is C11H13ClFNO2S. The molecule has 1 aromatic carbocycles. The van der Waals surface area contributed by atoms with Gasteiger partial charge in [-0.1, -0.05) is 11.6 Å². The molecule has 0 atom stereocenters. The monoisotopic (exact) mass is 277 g/mol. The molecule has 0 saturated heterocycles. The molecule has 0 heterocycles. The second kappa shape index (κ2) is 7.53. The summed E-state index contributed by atoms with van der Waals surface area (Å²) in [6.07, 6.45) is 0. The lowest BCUT2D eigenvalue weighted by atomic mass is 10.3. The Morgan fingerprint density at radius 1 is 1.59 bits per heavy atom. The first-order chi connectivity index (χ1) is 8.13. The van der Waals surface area contributed by atoms with E-state index in [1.807, 2.05) is 0 Å². The van der Waals surface area contributed by atoms with E-state index in [-0.39, 0.29) is 16.7 Å². The van der Waals surface area contributed by atoms with Gasteiger partial charge in [0, 0.05) is 18.6 Å². The van der Waals surface area contributed by atoms with Gasteiger partial charge in [0.05, 0.1) is 17.4 Å². The van der Waals surface area contributed by atoms with Crippen molar-refractivity contribution in [2.45, 2.75) is 4.90 Å². The molecule has 1 aromatic rings. The molecule has 0 bridgehead atoms. The SMILES string of the molecule is COCCNC(=O)CSc1ccc(F)c(Cl)c1. The van der Waals surface area contributed by atoms with Crippen molar-refractivity contribution < 1.29 is 13.9 Å². The first kappa shape index (κ1) is 14.3. The van der Waals surface area contributed by atoms with Crippen LogP contribution in [0.4, 0.5) is 4.39 Å². The third-order valence-corrected chi connectivity index (χ3v) is 3.17. The first-order valence-corrected chi connectivity index (χ1v) is 6.33. The fraction of sp³-hybridized carbons (Fsp3) is 0.364. The van der Waals surface area contributed by atoms with Gasteiger partial charge >= 0.3 is 0 Å². The Morgan fingerprint density at radius 2 is 2.35 bits per heavy atom. The van der Waals surface area contributed by atoms with Crippen LogP contribution in [0.5, 0.6) is 0 Å². The van der Waals surface area contributed by atoms with Gasteiger partial charge in [-0.05, 0) is 18.2 Å². The quantitative estimate of drug-likeness (QED) is 0.641. The van der Waals surface area contributed by atoms with Crippen molar-refractivity contribution in [2.75, 3.05) is 26.0 Å². The normalized spacial score (nSPS) is 10.3. The zero-order valence-electron chi connectivity index (χ0n) is 9.33. The highest BCUT2D eigenvalue weighted by molar-refractivity contribution is 8.00. The van der Waals surface area contributed by atoms with Crippen LogP contribution in [0.1, 0.15) is 0 Å². The van der Waals surface area contributed by atoms with Crippen molar-refractivity contribution >= 4 is 29.3 Å². The number of carbonyl (C=O) groups is 1. The maximum Gasteiger partial charge on any atom is 0.230 e. The fourth-order valence-electron chi connectivity index (χ4n) is 1.06. The summed E-state index contributed by atoms with van der Waals surface area (Å²) >= 11 is 6.93. The molecule has 6 heteroatoms. The van der Waals surface area contributed by atoms with Crippen molar-refractivity contribution in [1.29, 1.82) is 0 Å². The summed E-state index contributed by atoms with van der Waals surface area (Å²) in [7, 11) is 1.57. The van der Waals surface area contributed by atoms with Crippen LogP contribution in [0.25, 0.3) is 0 Å². The van der Waals surface area contributed by atoms with Crippen LogP contribution in [-0.4, -0.2) is 31.9 Å². The summed E-state index contributed by atoms with van der Waals surface area (Å²) in [5.74, 6) is -0.279. The summed E-state index contributed by atoms with van der Waals surface area (Å²) in [5, 5.41) is 2.75. The number of carbonyl (C=O) groups excluding carboxylic acids is 1. The van der Waals surface area contributed by atoms with E-state index in [2.05, 4.69) is 5.32 Å². The molecule has 0 saturated carbocycles. The number of ether oxygens (including phenoxy) is 1. The Kier molecular flexibility index (Phi) is 6.32. The molecule has 0 aliphatic heterocycles. The van der Waals surface area contributed by atoms with Crippen molar-refractivity contribution in [2.24, 2.45) is 0 Å². The number of nitrogens with one attached hydrogen (secondary N) is 1. The molecule has 1 N–H and O–H groups in total. The minimum atomic E-state index is -0.458. The van der Waals surface area contributed by atoms with E-state index in [4.69, 9.17) is 16.3 Å². The van der Waals surface area contributed by atoms with Crippen LogP contribution in [-0.2, 0) is 9.53 Å². The average Bonchev–Trinajstić information content (AvgIpc) is 2.31. The van der Waals surface area contributed by atoms with Crippen LogP contribution in [0.2, 0.25) is 5.02 Å². The highest BCUT2D eigenvalue weighted by Crippen LogP contribution is 2.23. The second-order valence-electron chi connectivity index (χ2n) is 3.21. The highest BCUT2D eigenvalue weighted by atomic mass is 35.5. The van der Waals surface area contributed by atoms with Gasteiger partial charge in [0.2, 0.25) is 5.91 Å². The first-order valence-electron chi connectivity index (χ1n) is 4.97. The summed E-state index contributed by atoms with van der Waals surface area (Å²) in [6.45, 7) is 0.971. The van der Waals surface area contributed by atoms with Crippen molar-refractivity contribution in [3.8, 4) is 0 Å². The van der Waals surface area contributed by atoms with Crippen molar-refractivity contribution in [3.05, 3.63) is 29.0 Å². The number of thioether (sulfide) groups is 1. The molecule has 17 heavy (non-hydrogen) atoms. The number of hydrogen-bond acceptors (Lipinski definition) is 3. The van der Waals surface area contributed by atoms with Crippen LogP contribution in [0.3, 0.4) is 0 Å². The van der Waals surface area contributed by atoms with Gasteiger partial charge in [-0.25, -0.2) is 4.39 Å². The molecule has 0 aromatic heterocycles. The van der Waals surface area contributed by atoms with Gasteiger partial charge in [-0.2, -0.15) is 0 Å². The molecule has 0 aliphatic rings. The molecule has 0 aliphatic carbocycles. The summed E-state index contributed by atoms with van der Waals surface area (Å²) in [5.41, 5.74) is 0. The number of hydrogen-bond donors (Lipinski definition) is 1. The third-order valence-electron chi connectivity index (χ3n) is 1.89. The number of benzene rings is 1. The van der Waals surface area contributed by atoms with Gasteiger partial charge in [-0.15, -0.1) is 11.8 Å². The lowest BCUT2D eigenvalue weighted by Gasteiger charge is -2.04. The molecule has 3 nitrogen and oxygen atoms in total. The average molecular weight is 278 g/mol. The van der Waals surface area contributed by atoms with Crippen molar-refractivity contribution in [3.63, 3.8) is 0 Å². The zero-order valence-corrected chi connectivity index (χ0v) is 10.9. The molecule has 0 radical (unpaired) electrons. The summed E-state index contributed by atoms with van der Waals surface area (Å²) in [4.78, 5) is 12.1. The van der Waals surface area contributed by atoms with Gasteiger partial charge in [0.15, 0.2) is 0 Å². The van der Waals surface area contributed by atoms with Crippen molar-refractivity contribution in [1.82, 2.24) is 5.32 Å². The highest BCUT2D eigenvalue weighted by Gasteiger charge is 2.04. The summed E-state index contributed by atoms with van der Waals surface area (Å²) < 4.78 is 17.7. The maximum atomic E-state index is 12.9. The van der Waals surface area contributed by atoms with Gasteiger partial charge in [0.25, 0.3) is 0 Å². The Morgan fingerprint density at radius 3 is 3.00 bits per heavy atom.